The van der Waals surface area contributed by atoms with Crippen LogP contribution in [0.3, 0.4) is 0 Å². The number of nitrogen functional groups attached to an aromatic ring is 1. The molecule has 1 amide bonds. The second-order valence-electron chi connectivity index (χ2n) is 4.47. The van der Waals surface area contributed by atoms with Gasteiger partial charge in [0.2, 0.25) is 15.9 Å². The smallest absolute Gasteiger partial charge is 0.237 e. The molecule has 1 atom stereocenters. The van der Waals surface area contributed by atoms with Gasteiger partial charge in [-0.15, -0.1) is 0 Å². The highest BCUT2D eigenvalue weighted by molar-refractivity contribution is 7.89. The van der Waals surface area contributed by atoms with E-state index in [-0.39, 0.29) is 18.3 Å². The fraction of sp³-hybridized carbons (Fsp3) is 0.462. The molecule has 0 saturated carbocycles. The molecular weight excluding hydrogens is 294 g/mol. The number of carbonyl (C=O) groups is 1. The molecule has 0 spiro atoms. The van der Waals surface area contributed by atoms with Gasteiger partial charge in [-0.25, -0.2) is 13.1 Å². The second-order valence-corrected chi connectivity index (χ2v) is 6.34. The van der Waals surface area contributed by atoms with Crippen LogP contribution in [0.4, 0.5) is 5.69 Å². The Labute approximate surface area is 124 Å². The van der Waals surface area contributed by atoms with Crippen molar-refractivity contribution in [3.8, 4) is 5.75 Å². The third-order valence-electron chi connectivity index (χ3n) is 2.60. The zero-order valence-electron chi connectivity index (χ0n) is 12.1. The molecule has 21 heavy (non-hydrogen) atoms. The zero-order valence-corrected chi connectivity index (χ0v) is 12.9. The number of anilines is 1. The van der Waals surface area contributed by atoms with Crippen LogP contribution in [0.5, 0.6) is 5.75 Å². The monoisotopic (exact) mass is 315 g/mol. The summed E-state index contributed by atoms with van der Waals surface area (Å²) in [6, 6.07) is 5.84. The maximum atomic E-state index is 11.8. The molecule has 1 unspecified atom stereocenters. The van der Waals surface area contributed by atoms with Crippen molar-refractivity contribution in [3.63, 3.8) is 0 Å². The van der Waals surface area contributed by atoms with Crippen LogP contribution in [0.2, 0.25) is 0 Å². The Bertz CT molecular complexity index is 557. The number of amides is 1. The summed E-state index contributed by atoms with van der Waals surface area (Å²) in [6.45, 7) is 3.69. The standard InChI is InChI=1S/C13H21N3O4S/c1-3-15-13(17)10(2)16-21(18,19)9-8-20-12-6-4-11(14)5-7-12/h4-7,10,16H,3,8-9,14H2,1-2H3,(H,15,17). The highest BCUT2D eigenvalue weighted by atomic mass is 32.2. The predicted octanol–water partition coefficient (Wildman–Crippen LogP) is 0.0916. The number of ether oxygens (including phenoxy) is 1. The molecule has 0 saturated heterocycles. The number of benzene rings is 1. The quantitative estimate of drug-likeness (QED) is 0.589. The zero-order chi connectivity index (χ0) is 15.9. The number of nitrogens with one attached hydrogen (secondary N) is 2. The topological polar surface area (TPSA) is 111 Å². The summed E-state index contributed by atoms with van der Waals surface area (Å²) in [5.74, 6) is -0.0575. The molecule has 0 aliphatic rings. The van der Waals surface area contributed by atoms with Crippen molar-refractivity contribution >= 4 is 21.6 Å². The van der Waals surface area contributed by atoms with Crippen molar-refractivity contribution in [1.82, 2.24) is 10.0 Å². The van der Waals surface area contributed by atoms with Crippen molar-refractivity contribution in [3.05, 3.63) is 24.3 Å². The normalized spacial score (nSPS) is 12.7. The lowest BCUT2D eigenvalue weighted by Crippen LogP contribution is -2.45. The van der Waals surface area contributed by atoms with Gasteiger partial charge in [-0.1, -0.05) is 0 Å². The molecule has 0 fully saturated rings. The first-order valence-electron chi connectivity index (χ1n) is 6.60. The highest BCUT2D eigenvalue weighted by Gasteiger charge is 2.19. The van der Waals surface area contributed by atoms with Gasteiger partial charge in [-0.05, 0) is 38.1 Å². The fourth-order valence-electron chi connectivity index (χ4n) is 1.54. The molecule has 0 aliphatic heterocycles. The van der Waals surface area contributed by atoms with Crippen molar-refractivity contribution in [2.75, 3.05) is 24.6 Å². The largest absolute Gasteiger partial charge is 0.492 e. The number of rotatable bonds is 8. The van der Waals surface area contributed by atoms with Gasteiger partial charge in [0.1, 0.15) is 12.4 Å². The third-order valence-corrected chi connectivity index (χ3v) is 4.02. The van der Waals surface area contributed by atoms with E-state index >= 15 is 0 Å². The number of sulfonamides is 1. The first kappa shape index (κ1) is 17.3. The molecule has 1 aromatic rings. The SMILES string of the molecule is CCNC(=O)C(C)NS(=O)(=O)CCOc1ccc(N)cc1. The number of hydrogen-bond acceptors (Lipinski definition) is 5. The van der Waals surface area contributed by atoms with Crippen LogP contribution in [0.15, 0.2) is 24.3 Å². The van der Waals surface area contributed by atoms with Gasteiger partial charge < -0.3 is 15.8 Å². The number of hydrogen-bond donors (Lipinski definition) is 3. The average molecular weight is 315 g/mol. The summed E-state index contributed by atoms with van der Waals surface area (Å²) < 4.78 is 31.2. The number of nitrogens with two attached hydrogens (primary N) is 1. The Morgan fingerprint density at radius 2 is 1.95 bits per heavy atom. The average Bonchev–Trinajstić information content (AvgIpc) is 2.40. The Balaban J connectivity index is 2.42. The lowest BCUT2D eigenvalue weighted by Gasteiger charge is -2.14. The summed E-state index contributed by atoms with van der Waals surface area (Å²) in [6.07, 6.45) is 0. The molecule has 0 bridgehead atoms. The molecular formula is C13H21N3O4S. The molecule has 7 nitrogen and oxygen atoms in total. The summed E-state index contributed by atoms with van der Waals surface area (Å²) in [5.41, 5.74) is 6.14. The van der Waals surface area contributed by atoms with Gasteiger partial charge in [0.05, 0.1) is 11.8 Å². The molecule has 0 aromatic heterocycles. The van der Waals surface area contributed by atoms with Crippen LogP contribution >= 0.6 is 0 Å². The Morgan fingerprint density at radius 3 is 2.52 bits per heavy atom. The third kappa shape index (κ3) is 6.46. The van der Waals surface area contributed by atoms with E-state index < -0.39 is 16.1 Å². The maximum absolute atomic E-state index is 11.8. The Hall–Kier alpha value is -1.80. The Kier molecular flexibility index (Phi) is 6.44. The van der Waals surface area contributed by atoms with Gasteiger partial charge in [0.25, 0.3) is 0 Å². The molecule has 0 aliphatic carbocycles. The molecule has 118 valence electrons. The van der Waals surface area contributed by atoms with E-state index in [1.165, 1.54) is 6.92 Å². The molecule has 1 rings (SSSR count). The van der Waals surface area contributed by atoms with Gasteiger partial charge in [-0.3, -0.25) is 4.79 Å². The molecule has 8 heteroatoms. The number of carbonyl (C=O) groups excluding carboxylic acids is 1. The van der Waals surface area contributed by atoms with Crippen LogP contribution in [0, 0.1) is 0 Å². The van der Waals surface area contributed by atoms with E-state index in [0.29, 0.717) is 18.0 Å². The first-order chi connectivity index (χ1) is 9.84. The van der Waals surface area contributed by atoms with Crippen molar-refractivity contribution in [2.24, 2.45) is 0 Å². The maximum Gasteiger partial charge on any atom is 0.237 e. The van der Waals surface area contributed by atoms with Gasteiger partial charge in [0.15, 0.2) is 0 Å². The van der Waals surface area contributed by atoms with Crippen LogP contribution < -0.4 is 20.5 Å². The van der Waals surface area contributed by atoms with Gasteiger partial charge >= 0.3 is 0 Å². The summed E-state index contributed by atoms with van der Waals surface area (Å²) >= 11 is 0. The summed E-state index contributed by atoms with van der Waals surface area (Å²) in [4.78, 5) is 11.5. The van der Waals surface area contributed by atoms with E-state index in [0.717, 1.165) is 0 Å². The van der Waals surface area contributed by atoms with Crippen LogP contribution in [0.1, 0.15) is 13.8 Å². The molecule has 4 N–H and O–H groups in total. The number of likely N-dealkylation sites (N-methyl/N-ethyl adjacent to an activating group) is 1. The molecule has 0 heterocycles. The van der Waals surface area contributed by atoms with Crippen LogP contribution in [-0.2, 0) is 14.8 Å². The van der Waals surface area contributed by atoms with E-state index in [2.05, 4.69) is 10.0 Å². The summed E-state index contributed by atoms with van der Waals surface area (Å²) in [5, 5.41) is 2.55. The van der Waals surface area contributed by atoms with E-state index in [1.54, 1.807) is 31.2 Å². The van der Waals surface area contributed by atoms with E-state index in [1.807, 2.05) is 0 Å². The van der Waals surface area contributed by atoms with Crippen LogP contribution in [-0.4, -0.2) is 39.3 Å². The van der Waals surface area contributed by atoms with Crippen molar-refractivity contribution < 1.29 is 17.9 Å². The van der Waals surface area contributed by atoms with Crippen molar-refractivity contribution in [1.29, 1.82) is 0 Å². The lowest BCUT2D eigenvalue weighted by atomic mass is 10.3. The predicted molar refractivity (Wildman–Crippen MR) is 81.4 cm³/mol. The van der Waals surface area contributed by atoms with Crippen molar-refractivity contribution in [2.45, 2.75) is 19.9 Å². The van der Waals surface area contributed by atoms with Gasteiger partial charge in [0, 0.05) is 12.2 Å². The minimum atomic E-state index is -3.58. The fourth-order valence-corrected chi connectivity index (χ4v) is 2.61. The van der Waals surface area contributed by atoms with Crippen LogP contribution in [0.25, 0.3) is 0 Å². The molecule has 1 aromatic carbocycles. The highest BCUT2D eigenvalue weighted by Crippen LogP contribution is 2.12. The first-order valence-corrected chi connectivity index (χ1v) is 8.25. The molecule has 0 radical (unpaired) electrons. The Morgan fingerprint density at radius 1 is 1.33 bits per heavy atom. The minimum absolute atomic E-state index is 0.0125. The van der Waals surface area contributed by atoms with E-state index in [4.69, 9.17) is 10.5 Å². The second kappa shape index (κ2) is 7.84. The summed E-state index contributed by atoms with van der Waals surface area (Å²) in [7, 11) is -3.58. The van der Waals surface area contributed by atoms with E-state index in [9.17, 15) is 13.2 Å². The minimum Gasteiger partial charge on any atom is -0.492 e. The lowest BCUT2D eigenvalue weighted by molar-refractivity contribution is -0.122. The van der Waals surface area contributed by atoms with Gasteiger partial charge in [-0.2, -0.15) is 0 Å².